The highest BCUT2D eigenvalue weighted by atomic mass is 35.5. The number of aryl methyl sites for hydroxylation is 2. The van der Waals surface area contributed by atoms with Gasteiger partial charge in [-0.15, -0.1) is 11.6 Å². The summed E-state index contributed by atoms with van der Waals surface area (Å²) in [5, 5.41) is 0.168. The number of aromatic nitrogens is 2. The maximum Gasteiger partial charge on any atom is 0.108 e. The number of alkyl halides is 1. The largest absolute Gasteiger partial charge is 0.338 e. The minimum atomic E-state index is 0.168. The minimum absolute atomic E-state index is 0.168. The fourth-order valence-corrected chi connectivity index (χ4v) is 3.26. The second-order valence-electron chi connectivity index (χ2n) is 5.06. The van der Waals surface area contributed by atoms with E-state index in [0.29, 0.717) is 5.92 Å². The summed E-state index contributed by atoms with van der Waals surface area (Å²) in [4.78, 5) is 4.37. The summed E-state index contributed by atoms with van der Waals surface area (Å²) < 4.78 is 2.09. The van der Waals surface area contributed by atoms with Gasteiger partial charge >= 0.3 is 0 Å². The molecular weight excluding hydrogens is 244 g/mol. The van der Waals surface area contributed by atoms with E-state index in [1.54, 1.807) is 0 Å². The van der Waals surface area contributed by atoms with Crippen LogP contribution < -0.4 is 0 Å². The molecule has 0 spiro atoms. The number of fused-ring (bicyclic) bond motifs is 1. The lowest BCUT2D eigenvalue weighted by molar-refractivity contribution is 0.490. The van der Waals surface area contributed by atoms with Crippen molar-refractivity contribution < 1.29 is 0 Å². The minimum Gasteiger partial charge on any atom is -0.338 e. The maximum absolute atomic E-state index is 6.56. The van der Waals surface area contributed by atoms with E-state index in [-0.39, 0.29) is 5.38 Å². The zero-order chi connectivity index (χ0) is 12.5. The van der Waals surface area contributed by atoms with E-state index in [9.17, 15) is 0 Å². The third-order valence-corrected chi connectivity index (χ3v) is 4.50. The first-order valence-corrected chi connectivity index (χ1v) is 6.87. The average Bonchev–Trinajstić information content (AvgIpc) is 2.92. The number of imidazole rings is 1. The van der Waals surface area contributed by atoms with Gasteiger partial charge in [-0.25, -0.2) is 4.98 Å². The van der Waals surface area contributed by atoms with Crippen LogP contribution >= 0.6 is 11.6 Å². The molecule has 18 heavy (non-hydrogen) atoms. The molecule has 3 rings (SSSR count). The van der Waals surface area contributed by atoms with Gasteiger partial charge in [0.05, 0.1) is 5.38 Å². The Morgan fingerprint density at radius 2 is 2.22 bits per heavy atom. The molecule has 1 aromatic heterocycles. The zero-order valence-corrected chi connectivity index (χ0v) is 11.3. The van der Waals surface area contributed by atoms with Gasteiger partial charge < -0.3 is 4.57 Å². The van der Waals surface area contributed by atoms with E-state index in [2.05, 4.69) is 33.8 Å². The van der Waals surface area contributed by atoms with Gasteiger partial charge in [-0.05, 0) is 29.9 Å². The van der Waals surface area contributed by atoms with Crippen LogP contribution in [-0.4, -0.2) is 9.55 Å². The van der Waals surface area contributed by atoms with E-state index in [1.807, 2.05) is 19.4 Å². The molecule has 1 aliphatic carbocycles. The maximum atomic E-state index is 6.56. The fourth-order valence-electron chi connectivity index (χ4n) is 2.83. The first kappa shape index (κ1) is 11.8. The molecule has 2 atom stereocenters. The summed E-state index contributed by atoms with van der Waals surface area (Å²) in [5.41, 5.74) is 2.74. The summed E-state index contributed by atoms with van der Waals surface area (Å²) in [6.07, 6.45) is 7.07. The van der Waals surface area contributed by atoms with Crippen LogP contribution in [0.2, 0.25) is 0 Å². The molecule has 0 amide bonds. The molecule has 0 fully saturated rings. The van der Waals surface area contributed by atoms with Gasteiger partial charge in [-0.3, -0.25) is 0 Å². The van der Waals surface area contributed by atoms with Crippen molar-refractivity contribution in [3.05, 3.63) is 53.6 Å². The first-order valence-electron chi connectivity index (χ1n) is 6.44. The standard InChI is InChI=1S/C15H17ClN2/c1-18-9-8-17-14(18)7-6-12-10-11-4-2-3-5-13(11)15(12)16/h2-5,8-9,12,15H,6-7,10H2,1H3. The van der Waals surface area contributed by atoms with Gasteiger partial charge in [-0.2, -0.15) is 0 Å². The smallest absolute Gasteiger partial charge is 0.108 e. The van der Waals surface area contributed by atoms with Crippen molar-refractivity contribution in [2.45, 2.75) is 24.6 Å². The predicted octanol–water partition coefficient (Wildman–Crippen LogP) is 3.51. The lowest BCUT2D eigenvalue weighted by Gasteiger charge is -2.13. The summed E-state index contributed by atoms with van der Waals surface area (Å²) in [6, 6.07) is 8.54. The van der Waals surface area contributed by atoms with Crippen molar-refractivity contribution in [1.29, 1.82) is 0 Å². The van der Waals surface area contributed by atoms with E-state index >= 15 is 0 Å². The predicted molar refractivity (Wildman–Crippen MR) is 73.8 cm³/mol. The van der Waals surface area contributed by atoms with Gasteiger partial charge in [0, 0.05) is 25.9 Å². The van der Waals surface area contributed by atoms with E-state index in [1.165, 1.54) is 11.1 Å². The van der Waals surface area contributed by atoms with E-state index < -0.39 is 0 Å². The lowest BCUT2D eigenvalue weighted by Crippen LogP contribution is -2.07. The number of hydrogen-bond donors (Lipinski definition) is 0. The van der Waals surface area contributed by atoms with Crippen molar-refractivity contribution in [3.63, 3.8) is 0 Å². The highest BCUT2D eigenvalue weighted by molar-refractivity contribution is 6.21. The third kappa shape index (κ3) is 2.05. The van der Waals surface area contributed by atoms with Gasteiger partial charge in [0.1, 0.15) is 5.82 Å². The Balaban J connectivity index is 1.68. The van der Waals surface area contributed by atoms with Crippen LogP contribution in [0.5, 0.6) is 0 Å². The van der Waals surface area contributed by atoms with Crippen molar-refractivity contribution in [1.82, 2.24) is 9.55 Å². The van der Waals surface area contributed by atoms with Crippen molar-refractivity contribution in [3.8, 4) is 0 Å². The molecule has 2 aromatic rings. The third-order valence-electron chi connectivity index (χ3n) is 3.91. The second-order valence-corrected chi connectivity index (χ2v) is 5.53. The molecule has 0 saturated carbocycles. The topological polar surface area (TPSA) is 17.8 Å². The Morgan fingerprint density at radius 1 is 1.39 bits per heavy atom. The number of nitrogens with zero attached hydrogens (tertiary/aromatic N) is 2. The Bertz CT molecular complexity index is 547. The molecule has 2 unspecified atom stereocenters. The number of rotatable bonds is 3. The molecule has 0 radical (unpaired) electrons. The molecule has 94 valence electrons. The van der Waals surface area contributed by atoms with Crippen molar-refractivity contribution in [2.24, 2.45) is 13.0 Å². The van der Waals surface area contributed by atoms with Gasteiger partial charge in [0.15, 0.2) is 0 Å². The quantitative estimate of drug-likeness (QED) is 0.773. The van der Waals surface area contributed by atoms with Crippen LogP contribution in [0.1, 0.15) is 28.7 Å². The molecule has 1 heterocycles. The van der Waals surface area contributed by atoms with Crippen molar-refractivity contribution >= 4 is 11.6 Å². The molecular formula is C15H17ClN2. The number of halogens is 1. The van der Waals surface area contributed by atoms with E-state index in [4.69, 9.17) is 11.6 Å². The molecule has 0 aliphatic heterocycles. The second kappa shape index (κ2) is 4.77. The molecule has 3 heteroatoms. The highest BCUT2D eigenvalue weighted by Crippen LogP contribution is 2.42. The zero-order valence-electron chi connectivity index (χ0n) is 10.5. The van der Waals surface area contributed by atoms with Crippen LogP contribution in [0.3, 0.4) is 0 Å². The van der Waals surface area contributed by atoms with Gasteiger partial charge in [0.2, 0.25) is 0 Å². The van der Waals surface area contributed by atoms with E-state index in [0.717, 1.165) is 25.1 Å². The molecule has 0 bridgehead atoms. The molecule has 2 nitrogen and oxygen atoms in total. The summed E-state index contributed by atoms with van der Waals surface area (Å²) in [7, 11) is 2.05. The Hall–Kier alpha value is -1.28. The monoisotopic (exact) mass is 260 g/mol. The number of hydrogen-bond acceptors (Lipinski definition) is 1. The SMILES string of the molecule is Cn1ccnc1CCC1Cc2ccccc2C1Cl. The van der Waals surface area contributed by atoms with Gasteiger partial charge in [0.25, 0.3) is 0 Å². The van der Waals surface area contributed by atoms with Crippen LogP contribution in [-0.2, 0) is 19.9 Å². The Kier molecular flexibility index (Phi) is 3.13. The van der Waals surface area contributed by atoms with Crippen LogP contribution in [0.15, 0.2) is 36.7 Å². The summed E-state index contributed by atoms with van der Waals surface area (Å²) >= 11 is 6.56. The molecule has 1 aromatic carbocycles. The van der Waals surface area contributed by atoms with Crippen LogP contribution in [0.25, 0.3) is 0 Å². The van der Waals surface area contributed by atoms with Crippen LogP contribution in [0.4, 0.5) is 0 Å². The first-order chi connectivity index (χ1) is 8.75. The highest BCUT2D eigenvalue weighted by Gasteiger charge is 2.30. The molecule has 0 N–H and O–H groups in total. The van der Waals surface area contributed by atoms with Crippen LogP contribution in [0, 0.1) is 5.92 Å². The van der Waals surface area contributed by atoms with Crippen molar-refractivity contribution in [2.75, 3.05) is 0 Å². The Morgan fingerprint density at radius 3 is 2.94 bits per heavy atom. The lowest BCUT2D eigenvalue weighted by atomic mass is 9.99. The molecule has 0 saturated heterocycles. The normalized spacial score (nSPS) is 22.1. The van der Waals surface area contributed by atoms with Gasteiger partial charge in [-0.1, -0.05) is 24.3 Å². The fraction of sp³-hybridized carbons (Fsp3) is 0.400. The molecule has 1 aliphatic rings. The summed E-state index contributed by atoms with van der Waals surface area (Å²) in [5.74, 6) is 1.69. The summed E-state index contributed by atoms with van der Waals surface area (Å²) in [6.45, 7) is 0. The average molecular weight is 261 g/mol. The number of benzene rings is 1. The Labute approximate surface area is 113 Å².